The van der Waals surface area contributed by atoms with Gasteiger partial charge in [0, 0.05) is 5.56 Å². The van der Waals surface area contributed by atoms with E-state index < -0.39 is 0 Å². The van der Waals surface area contributed by atoms with Gasteiger partial charge in [0.1, 0.15) is 6.61 Å². The Kier molecular flexibility index (Phi) is 9.09. The molecule has 0 bridgehead atoms. The minimum absolute atomic E-state index is 0.00757. The van der Waals surface area contributed by atoms with Crippen molar-refractivity contribution in [1.29, 1.82) is 0 Å². The Labute approximate surface area is 179 Å². The molecule has 0 unspecified atom stereocenters. The summed E-state index contributed by atoms with van der Waals surface area (Å²) in [6, 6.07) is 4.13. The van der Waals surface area contributed by atoms with Gasteiger partial charge in [0.05, 0.1) is 6.61 Å². The first-order chi connectivity index (χ1) is 13.2. The van der Waals surface area contributed by atoms with Crippen molar-refractivity contribution in [1.82, 2.24) is 0 Å². The van der Waals surface area contributed by atoms with Crippen molar-refractivity contribution in [3.63, 3.8) is 0 Å². The topological polar surface area (TPSA) is 26.3 Å². The number of carbonyl (C=O) groups excluding carboxylic acids is 1. The van der Waals surface area contributed by atoms with E-state index in [1.807, 2.05) is 0 Å². The van der Waals surface area contributed by atoms with E-state index in [2.05, 4.69) is 93.5 Å². The Hall–Kier alpha value is -1.67. The number of allylic oxidation sites excluding steroid dienone is 3. The van der Waals surface area contributed by atoms with Gasteiger partial charge in [-0.15, -0.1) is 0 Å². The molecule has 1 aromatic rings. The molecule has 29 heavy (non-hydrogen) atoms. The monoisotopic (exact) mass is 398 g/mol. The van der Waals surface area contributed by atoms with Crippen LogP contribution in [0.3, 0.4) is 0 Å². The van der Waals surface area contributed by atoms with Crippen molar-refractivity contribution in [2.24, 2.45) is 0 Å². The molecule has 0 saturated carbocycles. The van der Waals surface area contributed by atoms with Crippen LogP contribution in [0.25, 0.3) is 0 Å². The minimum Gasteiger partial charge on any atom is -0.369 e. The Morgan fingerprint density at radius 1 is 0.931 bits per heavy atom. The molecular formula is C27H42O2. The van der Waals surface area contributed by atoms with Crippen LogP contribution in [0.15, 0.2) is 35.4 Å². The molecule has 0 amide bonds. The van der Waals surface area contributed by atoms with E-state index in [9.17, 15) is 4.79 Å². The van der Waals surface area contributed by atoms with Crippen LogP contribution in [0.4, 0.5) is 0 Å². The van der Waals surface area contributed by atoms with Crippen LogP contribution in [0.2, 0.25) is 0 Å². The number of ether oxygens (including phenoxy) is 1. The predicted octanol–water partition coefficient (Wildman–Crippen LogP) is 7.48. The minimum atomic E-state index is -0.00757. The Bertz CT molecular complexity index is 726. The smallest absolute Gasteiger partial charge is 0.188 e. The third kappa shape index (κ3) is 8.30. The van der Waals surface area contributed by atoms with Crippen LogP contribution in [0.5, 0.6) is 0 Å². The van der Waals surface area contributed by atoms with E-state index in [1.165, 1.54) is 27.8 Å². The molecule has 0 aliphatic heterocycles. The first-order valence-corrected chi connectivity index (χ1v) is 10.8. The molecule has 0 spiro atoms. The second-order valence-corrected chi connectivity index (χ2v) is 10.5. The molecule has 1 rings (SSSR count). The number of benzene rings is 1. The summed E-state index contributed by atoms with van der Waals surface area (Å²) < 4.78 is 5.69. The SMILES string of the molecule is CC(C)=CCC/C(C)=C/COCC(=O)c1cc(C(C)(C)C)c(C)c(C(C)(C)C)c1. The van der Waals surface area contributed by atoms with Crippen molar-refractivity contribution in [3.05, 3.63) is 57.7 Å². The fourth-order valence-corrected chi connectivity index (χ4v) is 3.56. The molecule has 0 saturated heterocycles. The highest BCUT2D eigenvalue weighted by Crippen LogP contribution is 2.34. The Morgan fingerprint density at radius 2 is 1.45 bits per heavy atom. The fraction of sp³-hybridized carbons (Fsp3) is 0.593. The van der Waals surface area contributed by atoms with Crippen molar-refractivity contribution in [2.75, 3.05) is 13.2 Å². The molecule has 0 aliphatic carbocycles. The van der Waals surface area contributed by atoms with E-state index in [1.54, 1.807) is 0 Å². The van der Waals surface area contributed by atoms with Crippen LogP contribution in [-0.4, -0.2) is 19.0 Å². The molecule has 2 heteroatoms. The van der Waals surface area contributed by atoms with Gasteiger partial charge in [-0.05, 0) is 80.2 Å². The maximum absolute atomic E-state index is 12.9. The van der Waals surface area contributed by atoms with E-state index in [0.717, 1.165) is 18.4 Å². The molecule has 162 valence electrons. The summed E-state index contributed by atoms with van der Waals surface area (Å²) >= 11 is 0. The highest BCUT2D eigenvalue weighted by Gasteiger charge is 2.25. The van der Waals surface area contributed by atoms with Crippen molar-refractivity contribution >= 4 is 5.78 Å². The normalized spacial score (nSPS) is 12.8. The third-order valence-electron chi connectivity index (χ3n) is 5.22. The Balaban J connectivity index is 2.88. The molecule has 0 aliphatic rings. The summed E-state index contributed by atoms with van der Waals surface area (Å²) in [6.07, 6.45) is 6.42. The largest absolute Gasteiger partial charge is 0.369 e. The van der Waals surface area contributed by atoms with Crippen molar-refractivity contribution in [3.8, 4) is 0 Å². The molecule has 0 aromatic heterocycles. The zero-order valence-corrected chi connectivity index (χ0v) is 20.5. The van der Waals surface area contributed by atoms with E-state index in [0.29, 0.717) is 6.61 Å². The molecule has 2 nitrogen and oxygen atoms in total. The first kappa shape index (κ1) is 25.4. The second-order valence-electron chi connectivity index (χ2n) is 10.5. The fourth-order valence-electron chi connectivity index (χ4n) is 3.56. The lowest BCUT2D eigenvalue weighted by atomic mass is 9.75. The van der Waals surface area contributed by atoms with Gasteiger partial charge in [0.2, 0.25) is 0 Å². The van der Waals surface area contributed by atoms with Gasteiger partial charge in [-0.25, -0.2) is 0 Å². The number of ketones is 1. The summed E-state index contributed by atoms with van der Waals surface area (Å²) in [6.45, 7) is 22.4. The Morgan fingerprint density at radius 3 is 1.90 bits per heavy atom. The lowest BCUT2D eigenvalue weighted by Crippen LogP contribution is -2.22. The van der Waals surface area contributed by atoms with Gasteiger partial charge in [-0.1, -0.05) is 64.8 Å². The maximum atomic E-state index is 12.9. The van der Waals surface area contributed by atoms with Crippen LogP contribution in [0.1, 0.15) is 102 Å². The first-order valence-electron chi connectivity index (χ1n) is 10.8. The molecule has 0 atom stereocenters. The number of Topliss-reactive ketones (excluding diaryl/α,β-unsaturated/α-hetero) is 1. The van der Waals surface area contributed by atoms with E-state index >= 15 is 0 Å². The average Bonchev–Trinajstić information content (AvgIpc) is 2.56. The highest BCUT2D eigenvalue weighted by molar-refractivity contribution is 5.97. The predicted molar refractivity (Wildman–Crippen MR) is 126 cm³/mol. The quantitative estimate of drug-likeness (QED) is 0.258. The van der Waals surface area contributed by atoms with E-state index in [4.69, 9.17) is 4.74 Å². The van der Waals surface area contributed by atoms with E-state index in [-0.39, 0.29) is 23.2 Å². The third-order valence-corrected chi connectivity index (χ3v) is 5.22. The maximum Gasteiger partial charge on any atom is 0.188 e. The van der Waals surface area contributed by atoms with Gasteiger partial charge in [-0.3, -0.25) is 4.79 Å². The molecule has 0 radical (unpaired) electrons. The molecule has 0 fully saturated rings. The van der Waals surface area contributed by atoms with Gasteiger partial charge in [0.25, 0.3) is 0 Å². The summed E-state index contributed by atoms with van der Waals surface area (Å²) in [7, 11) is 0. The van der Waals surface area contributed by atoms with Crippen LogP contribution in [0, 0.1) is 6.92 Å². The van der Waals surface area contributed by atoms with Gasteiger partial charge in [-0.2, -0.15) is 0 Å². The van der Waals surface area contributed by atoms with Crippen LogP contribution in [-0.2, 0) is 15.6 Å². The molecular weight excluding hydrogens is 356 g/mol. The average molecular weight is 399 g/mol. The van der Waals surface area contributed by atoms with Crippen molar-refractivity contribution in [2.45, 2.75) is 92.9 Å². The van der Waals surface area contributed by atoms with Crippen LogP contribution >= 0.6 is 0 Å². The lowest BCUT2D eigenvalue weighted by molar-refractivity contribution is 0.0805. The second kappa shape index (κ2) is 10.4. The zero-order chi connectivity index (χ0) is 22.4. The zero-order valence-electron chi connectivity index (χ0n) is 20.5. The summed E-state index contributed by atoms with van der Waals surface area (Å²) in [5, 5.41) is 0. The number of hydrogen-bond acceptors (Lipinski definition) is 2. The highest BCUT2D eigenvalue weighted by atomic mass is 16.5. The number of rotatable bonds is 8. The van der Waals surface area contributed by atoms with Gasteiger partial charge in [0.15, 0.2) is 5.78 Å². The standard InChI is InChI=1S/C27H42O2/c1-19(2)12-11-13-20(3)14-15-29-18-25(28)22-16-23(26(5,6)7)21(4)24(17-22)27(8,9)10/h12,14,16-17H,11,13,15,18H2,1-10H3/b20-14+. The van der Waals surface area contributed by atoms with Gasteiger partial charge >= 0.3 is 0 Å². The lowest BCUT2D eigenvalue weighted by Gasteiger charge is -2.29. The van der Waals surface area contributed by atoms with Crippen molar-refractivity contribution < 1.29 is 9.53 Å². The number of carbonyl (C=O) groups is 1. The summed E-state index contributed by atoms with van der Waals surface area (Å²) in [5.74, 6) is 0.0524. The molecule has 0 heterocycles. The summed E-state index contributed by atoms with van der Waals surface area (Å²) in [5.41, 5.74) is 7.16. The molecule has 0 N–H and O–H groups in total. The van der Waals surface area contributed by atoms with Gasteiger partial charge < -0.3 is 4.74 Å². The molecule has 1 aromatic carbocycles. The summed E-state index contributed by atoms with van der Waals surface area (Å²) in [4.78, 5) is 12.9. The van der Waals surface area contributed by atoms with Crippen LogP contribution < -0.4 is 0 Å². The number of hydrogen-bond donors (Lipinski definition) is 0.